The summed E-state index contributed by atoms with van der Waals surface area (Å²) >= 11 is 0. The SMILES string of the molecule is CC.Cc1ccc(C2(CCN(C)C)CC2)cc1. The van der Waals surface area contributed by atoms with Crippen LogP contribution in [0.15, 0.2) is 24.3 Å². The Labute approximate surface area is 107 Å². The van der Waals surface area contributed by atoms with Crippen LogP contribution in [0.1, 0.15) is 44.2 Å². The van der Waals surface area contributed by atoms with Crippen LogP contribution in [0.2, 0.25) is 0 Å². The fourth-order valence-corrected chi connectivity index (χ4v) is 2.18. The van der Waals surface area contributed by atoms with Crippen molar-refractivity contribution >= 4 is 0 Å². The molecule has 0 bridgehead atoms. The molecule has 1 aliphatic carbocycles. The van der Waals surface area contributed by atoms with Crippen molar-refractivity contribution in [1.29, 1.82) is 0 Å². The monoisotopic (exact) mass is 233 g/mol. The molecule has 2 rings (SSSR count). The van der Waals surface area contributed by atoms with Gasteiger partial charge in [0.25, 0.3) is 0 Å². The van der Waals surface area contributed by atoms with Gasteiger partial charge in [-0.1, -0.05) is 43.7 Å². The molecule has 1 aromatic carbocycles. The van der Waals surface area contributed by atoms with Gasteiger partial charge in [0.1, 0.15) is 0 Å². The van der Waals surface area contributed by atoms with Crippen molar-refractivity contribution in [1.82, 2.24) is 4.90 Å². The first-order chi connectivity index (χ1) is 8.12. The Bertz CT molecular complexity index is 320. The fourth-order valence-electron chi connectivity index (χ4n) is 2.18. The minimum absolute atomic E-state index is 0.526. The summed E-state index contributed by atoms with van der Waals surface area (Å²) in [6.07, 6.45) is 4.07. The molecule has 1 fully saturated rings. The van der Waals surface area contributed by atoms with E-state index in [2.05, 4.69) is 50.2 Å². The quantitative estimate of drug-likeness (QED) is 0.759. The molecule has 1 aliphatic rings. The smallest absolute Gasteiger partial charge is 0.00163 e. The summed E-state index contributed by atoms with van der Waals surface area (Å²) in [5, 5.41) is 0. The van der Waals surface area contributed by atoms with Gasteiger partial charge in [-0.2, -0.15) is 0 Å². The summed E-state index contributed by atoms with van der Waals surface area (Å²) in [6, 6.07) is 9.12. The molecule has 1 aromatic rings. The maximum atomic E-state index is 2.32. The Morgan fingerprint density at radius 2 is 1.59 bits per heavy atom. The molecule has 0 saturated heterocycles. The lowest BCUT2D eigenvalue weighted by Gasteiger charge is -2.18. The van der Waals surface area contributed by atoms with Crippen LogP contribution in [0.25, 0.3) is 0 Å². The second kappa shape index (κ2) is 6.20. The Balaban J connectivity index is 0.000000686. The highest BCUT2D eigenvalue weighted by atomic mass is 15.0. The summed E-state index contributed by atoms with van der Waals surface area (Å²) in [7, 11) is 4.32. The third-order valence-corrected chi connectivity index (χ3v) is 3.56. The summed E-state index contributed by atoms with van der Waals surface area (Å²) in [5.41, 5.74) is 3.44. The topological polar surface area (TPSA) is 3.24 Å². The highest BCUT2D eigenvalue weighted by Gasteiger charge is 2.43. The fraction of sp³-hybridized carbons (Fsp3) is 0.625. The van der Waals surface area contributed by atoms with Gasteiger partial charge < -0.3 is 4.90 Å². The standard InChI is InChI=1S/C14H21N.C2H6/c1-12-4-6-13(7-5-12)14(8-9-14)10-11-15(2)3;1-2/h4-7H,8-11H2,1-3H3;1-2H3. The maximum Gasteiger partial charge on any atom is -0.00163 e. The van der Waals surface area contributed by atoms with E-state index in [1.807, 2.05) is 13.8 Å². The average molecular weight is 233 g/mol. The van der Waals surface area contributed by atoms with Crippen LogP contribution in [-0.2, 0) is 5.41 Å². The summed E-state index contributed by atoms with van der Waals surface area (Å²) in [5.74, 6) is 0. The molecule has 1 saturated carbocycles. The van der Waals surface area contributed by atoms with E-state index < -0.39 is 0 Å². The molecule has 0 N–H and O–H groups in total. The molecule has 0 spiro atoms. The lowest BCUT2D eigenvalue weighted by atomic mass is 9.92. The molecule has 0 aliphatic heterocycles. The van der Waals surface area contributed by atoms with Crippen LogP contribution in [-0.4, -0.2) is 25.5 Å². The van der Waals surface area contributed by atoms with Gasteiger partial charge in [-0.25, -0.2) is 0 Å². The third kappa shape index (κ3) is 3.85. The normalized spacial score (nSPS) is 16.4. The van der Waals surface area contributed by atoms with E-state index in [1.165, 1.54) is 31.4 Å². The average Bonchev–Trinajstić information content (AvgIpc) is 3.11. The van der Waals surface area contributed by atoms with Crippen LogP contribution in [0.5, 0.6) is 0 Å². The second-order valence-corrected chi connectivity index (χ2v) is 5.20. The zero-order valence-corrected chi connectivity index (χ0v) is 12.1. The Morgan fingerprint density at radius 1 is 1.06 bits per heavy atom. The molecule has 0 aromatic heterocycles. The van der Waals surface area contributed by atoms with Gasteiger partial charge >= 0.3 is 0 Å². The minimum Gasteiger partial charge on any atom is -0.309 e. The maximum absolute atomic E-state index is 2.32. The molecule has 0 unspecified atom stereocenters. The van der Waals surface area contributed by atoms with E-state index in [0.717, 1.165) is 0 Å². The zero-order valence-electron chi connectivity index (χ0n) is 12.1. The minimum atomic E-state index is 0.526. The first-order valence-corrected chi connectivity index (χ1v) is 6.84. The van der Waals surface area contributed by atoms with Crippen LogP contribution >= 0.6 is 0 Å². The van der Waals surface area contributed by atoms with Crippen molar-refractivity contribution in [2.24, 2.45) is 0 Å². The van der Waals surface area contributed by atoms with Crippen LogP contribution in [0.4, 0.5) is 0 Å². The highest BCUT2D eigenvalue weighted by Crippen LogP contribution is 2.50. The number of benzene rings is 1. The molecule has 0 heterocycles. The lowest BCUT2D eigenvalue weighted by Crippen LogP contribution is -2.19. The summed E-state index contributed by atoms with van der Waals surface area (Å²) in [4.78, 5) is 2.29. The number of aryl methyl sites for hydroxylation is 1. The largest absolute Gasteiger partial charge is 0.309 e. The van der Waals surface area contributed by atoms with Gasteiger partial charge in [-0.3, -0.25) is 0 Å². The molecule has 17 heavy (non-hydrogen) atoms. The van der Waals surface area contributed by atoms with Gasteiger partial charge in [0, 0.05) is 0 Å². The molecule has 0 radical (unpaired) electrons. The number of rotatable bonds is 4. The lowest BCUT2D eigenvalue weighted by molar-refractivity contribution is 0.375. The van der Waals surface area contributed by atoms with Crippen molar-refractivity contribution in [3.63, 3.8) is 0 Å². The Kier molecular flexibility index (Phi) is 5.20. The zero-order chi connectivity index (χ0) is 12.9. The van der Waals surface area contributed by atoms with Gasteiger partial charge in [0.15, 0.2) is 0 Å². The highest BCUT2D eigenvalue weighted by molar-refractivity contribution is 5.33. The van der Waals surface area contributed by atoms with E-state index in [0.29, 0.717) is 5.41 Å². The van der Waals surface area contributed by atoms with Crippen molar-refractivity contribution in [2.45, 2.75) is 45.4 Å². The molecule has 0 atom stereocenters. The van der Waals surface area contributed by atoms with Crippen molar-refractivity contribution < 1.29 is 0 Å². The van der Waals surface area contributed by atoms with Gasteiger partial charge in [-0.05, 0) is 57.8 Å². The van der Waals surface area contributed by atoms with Gasteiger partial charge in [0.2, 0.25) is 0 Å². The predicted molar refractivity (Wildman–Crippen MR) is 76.6 cm³/mol. The molecule has 1 nitrogen and oxygen atoms in total. The van der Waals surface area contributed by atoms with E-state index >= 15 is 0 Å². The van der Waals surface area contributed by atoms with Crippen LogP contribution in [0.3, 0.4) is 0 Å². The first kappa shape index (κ1) is 14.2. The third-order valence-electron chi connectivity index (χ3n) is 3.56. The molecule has 0 amide bonds. The number of hydrogen-bond acceptors (Lipinski definition) is 1. The van der Waals surface area contributed by atoms with Crippen LogP contribution < -0.4 is 0 Å². The Morgan fingerprint density at radius 3 is 2.00 bits per heavy atom. The van der Waals surface area contributed by atoms with E-state index in [4.69, 9.17) is 0 Å². The first-order valence-electron chi connectivity index (χ1n) is 6.84. The molecule has 1 heteroatoms. The predicted octanol–water partition coefficient (Wildman–Crippen LogP) is 4.00. The number of nitrogens with zero attached hydrogens (tertiary/aromatic N) is 1. The summed E-state index contributed by atoms with van der Waals surface area (Å²) in [6.45, 7) is 7.36. The van der Waals surface area contributed by atoms with E-state index in [9.17, 15) is 0 Å². The van der Waals surface area contributed by atoms with Gasteiger partial charge in [-0.15, -0.1) is 0 Å². The van der Waals surface area contributed by atoms with E-state index in [-0.39, 0.29) is 0 Å². The Hall–Kier alpha value is -0.820. The van der Waals surface area contributed by atoms with Crippen molar-refractivity contribution in [2.75, 3.05) is 20.6 Å². The van der Waals surface area contributed by atoms with Crippen molar-refractivity contribution in [3.8, 4) is 0 Å². The second-order valence-electron chi connectivity index (χ2n) is 5.20. The molecule has 96 valence electrons. The van der Waals surface area contributed by atoms with Gasteiger partial charge in [0.05, 0.1) is 0 Å². The molecular formula is C16H27N. The van der Waals surface area contributed by atoms with E-state index in [1.54, 1.807) is 5.56 Å². The number of hydrogen-bond donors (Lipinski definition) is 0. The molecular weight excluding hydrogens is 206 g/mol. The van der Waals surface area contributed by atoms with Crippen molar-refractivity contribution in [3.05, 3.63) is 35.4 Å². The summed E-state index contributed by atoms with van der Waals surface area (Å²) < 4.78 is 0. The van der Waals surface area contributed by atoms with Crippen LogP contribution in [0, 0.1) is 6.92 Å².